The van der Waals surface area contributed by atoms with Crippen LogP contribution >= 0.6 is 0 Å². The van der Waals surface area contributed by atoms with Crippen LogP contribution in [0.1, 0.15) is 85.0 Å². The van der Waals surface area contributed by atoms with Gasteiger partial charge in [-0.15, -0.1) is 0 Å². The molecule has 0 saturated heterocycles. The number of aliphatic hydroxyl groups is 2. The number of aliphatic hydroxyl groups excluding tert-OH is 2. The van der Waals surface area contributed by atoms with Crippen molar-refractivity contribution in [1.82, 2.24) is 0 Å². The van der Waals surface area contributed by atoms with Crippen LogP contribution < -0.4 is 0 Å². The van der Waals surface area contributed by atoms with Crippen molar-refractivity contribution in [3.63, 3.8) is 0 Å². The SMILES string of the molecule is CCCC/C=C\C[C@H]1C(=O)C[C@@H](O)[C@@H]1/C=C/CC(O)C1(CC(C)C)CCC1. The molecule has 2 aliphatic rings. The molecule has 0 amide bonds. The number of hydrogen-bond acceptors (Lipinski definition) is 3. The van der Waals surface area contributed by atoms with E-state index in [-0.39, 0.29) is 35.6 Å². The molecule has 3 heteroatoms. The van der Waals surface area contributed by atoms with Gasteiger partial charge >= 0.3 is 0 Å². The Balaban J connectivity index is 1.90. The Bertz CT molecular complexity index is 516. The summed E-state index contributed by atoms with van der Waals surface area (Å²) in [6.07, 6.45) is 17.0. The average molecular weight is 377 g/mol. The Morgan fingerprint density at radius 2 is 1.96 bits per heavy atom. The number of allylic oxidation sites excluding steroid dienone is 2. The summed E-state index contributed by atoms with van der Waals surface area (Å²) in [5, 5.41) is 21.1. The Morgan fingerprint density at radius 3 is 2.56 bits per heavy atom. The van der Waals surface area contributed by atoms with Crippen molar-refractivity contribution in [1.29, 1.82) is 0 Å². The van der Waals surface area contributed by atoms with Crippen molar-refractivity contribution in [3.8, 4) is 0 Å². The van der Waals surface area contributed by atoms with E-state index in [2.05, 4.69) is 32.9 Å². The number of rotatable bonds is 11. The van der Waals surface area contributed by atoms with Crippen LogP contribution in [0.5, 0.6) is 0 Å². The molecule has 0 heterocycles. The molecule has 0 spiro atoms. The van der Waals surface area contributed by atoms with Crippen LogP contribution in [0.25, 0.3) is 0 Å². The van der Waals surface area contributed by atoms with E-state index < -0.39 is 6.10 Å². The van der Waals surface area contributed by atoms with Gasteiger partial charge in [-0.25, -0.2) is 0 Å². The van der Waals surface area contributed by atoms with E-state index in [4.69, 9.17) is 0 Å². The van der Waals surface area contributed by atoms with Crippen LogP contribution in [0.15, 0.2) is 24.3 Å². The number of carbonyl (C=O) groups excluding carboxylic acids is 1. The number of carbonyl (C=O) groups is 1. The molecule has 1 unspecified atom stereocenters. The zero-order valence-corrected chi connectivity index (χ0v) is 17.6. The second-order valence-corrected chi connectivity index (χ2v) is 9.26. The van der Waals surface area contributed by atoms with Gasteiger partial charge in [0.1, 0.15) is 5.78 Å². The highest BCUT2D eigenvalue weighted by Gasteiger charge is 2.43. The highest BCUT2D eigenvalue weighted by molar-refractivity contribution is 5.84. The largest absolute Gasteiger partial charge is 0.392 e. The first-order valence-corrected chi connectivity index (χ1v) is 11.1. The summed E-state index contributed by atoms with van der Waals surface area (Å²) in [4.78, 5) is 12.3. The molecule has 0 aliphatic heterocycles. The van der Waals surface area contributed by atoms with Crippen LogP contribution in [-0.2, 0) is 4.79 Å². The quantitative estimate of drug-likeness (QED) is 0.384. The predicted molar refractivity (Wildman–Crippen MR) is 111 cm³/mol. The van der Waals surface area contributed by atoms with E-state index in [9.17, 15) is 15.0 Å². The second kappa shape index (κ2) is 10.6. The molecule has 0 aromatic carbocycles. The van der Waals surface area contributed by atoms with Crippen molar-refractivity contribution in [2.24, 2.45) is 23.2 Å². The third-order valence-corrected chi connectivity index (χ3v) is 6.60. The smallest absolute Gasteiger partial charge is 0.139 e. The molecule has 2 rings (SSSR count). The molecule has 3 nitrogen and oxygen atoms in total. The molecular weight excluding hydrogens is 336 g/mol. The van der Waals surface area contributed by atoms with Gasteiger partial charge in [0.15, 0.2) is 0 Å². The number of unbranched alkanes of at least 4 members (excludes halogenated alkanes) is 2. The van der Waals surface area contributed by atoms with E-state index in [1.165, 1.54) is 19.3 Å². The highest BCUT2D eigenvalue weighted by atomic mass is 16.3. The van der Waals surface area contributed by atoms with E-state index >= 15 is 0 Å². The monoisotopic (exact) mass is 376 g/mol. The van der Waals surface area contributed by atoms with E-state index in [0.717, 1.165) is 25.7 Å². The molecule has 0 radical (unpaired) electrons. The van der Waals surface area contributed by atoms with Crippen LogP contribution in [0.3, 0.4) is 0 Å². The summed E-state index contributed by atoms with van der Waals surface area (Å²) >= 11 is 0. The number of hydrogen-bond donors (Lipinski definition) is 2. The molecule has 2 N–H and O–H groups in total. The molecule has 4 atom stereocenters. The lowest BCUT2D eigenvalue weighted by Gasteiger charge is -2.46. The Labute approximate surface area is 165 Å². The van der Waals surface area contributed by atoms with Crippen molar-refractivity contribution < 1.29 is 15.0 Å². The molecule has 0 aromatic rings. The van der Waals surface area contributed by atoms with Crippen molar-refractivity contribution in [2.45, 2.75) is 97.2 Å². The molecule has 154 valence electrons. The van der Waals surface area contributed by atoms with Crippen molar-refractivity contribution in [2.75, 3.05) is 0 Å². The topological polar surface area (TPSA) is 57.5 Å². The maximum Gasteiger partial charge on any atom is 0.139 e. The zero-order chi connectivity index (χ0) is 19.9. The highest BCUT2D eigenvalue weighted by Crippen LogP contribution is 2.49. The lowest BCUT2D eigenvalue weighted by Crippen LogP contribution is -2.42. The molecular formula is C24H40O3. The lowest BCUT2D eigenvalue weighted by atomic mass is 9.60. The second-order valence-electron chi connectivity index (χ2n) is 9.26. The van der Waals surface area contributed by atoms with Gasteiger partial charge in [0.25, 0.3) is 0 Å². The summed E-state index contributed by atoms with van der Waals surface area (Å²) in [7, 11) is 0. The van der Waals surface area contributed by atoms with Gasteiger partial charge in [0.05, 0.1) is 12.2 Å². The number of Topliss-reactive ketones (excluding diaryl/α,β-unsaturated/α-hetero) is 1. The predicted octanol–water partition coefficient (Wildman–Crippen LogP) is 5.21. The molecule has 0 aromatic heterocycles. The first kappa shape index (κ1) is 22.4. The van der Waals surface area contributed by atoms with Crippen molar-refractivity contribution >= 4 is 5.78 Å². The first-order valence-electron chi connectivity index (χ1n) is 11.1. The minimum Gasteiger partial charge on any atom is -0.392 e. The molecule has 2 fully saturated rings. The average Bonchev–Trinajstić information content (AvgIpc) is 2.84. The van der Waals surface area contributed by atoms with E-state index in [1.54, 1.807) is 0 Å². The molecule has 0 bridgehead atoms. The third-order valence-electron chi connectivity index (χ3n) is 6.60. The minimum absolute atomic E-state index is 0.0873. The summed E-state index contributed by atoms with van der Waals surface area (Å²) in [5.41, 5.74) is 0.0873. The standard InChI is InChI=1S/C24H40O3/c1-4-5-6-7-8-11-19-20(22(26)16-21(19)25)12-9-13-23(27)24(14-10-15-24)17-18(2)3/h7-9,12,18-20,22-23,26-27H,4-6,10-11,13-17H2,1-3H3/b8-7-,12-9+/t19-,20-,22-,23?/m1/s1. The summed E-state index contributed by atoms with van der Waals surface area (Å²) in [5.74, 6) is 0.553. The van der Waals surface area contributed by atoms with Gasteiger partial charge in [-0.3, -0.25) is 4.79 Å². The van der Waals surface area contributed by atoms with E-state index in [1.807, 2.05) is 12.2 Å². The zero-order valence-electron chi connectivity index (χ0n) is 17.6. The van der Waals surface area contributed by atoms with Crippen LogP contribution in [-0.4, -0.2) is 28.2 Å². The maximum absolute atomic E-state index is 12.3. The van der Waals surface area contributed by atoms with Gasteiger partial charge in [-0.1, -0.05) is 64.3 Å². The van der Waals surface area contributed by atoms with Gasteiger partial charge in [0, 0.05) is 18.3 Å². The first-order chi connectivity index (χ1) is 12.9. The third kappa shape index (κ3) is 6.02. The fourth-order valence-electron chi connectivity index (χ4n) is 4.94. The summed E-state index contributed by atoms with van der Waals surface area (Å²) in [6.45, 7) is 6.62. The fourth-order valence-corrected chi connectivity index (χ4v) is 4.94. The normalized spacial score (nSPS) is 29.1. The summed E-state index contributed by atoms with van der Waals surface area (Å²) in [6, 6.07) is 0. The molecule has 2 saturated carbocycles. The Hall–Kier alpha value is -0.930. The lowest BCUT2D eigenvalue weighted by molar-refractivity contribution is -0.121. The van der Waals surface area contributed by atoms with Crippen LogP contribution in [0.2, 0.25) is 0 Å². The van der Waals surface area contributed by atoms with Crippen LogP contribution in [0, 0.1) is 23.2 Å². The van der Waals surface area contributed by atoms with Gasteiger partial charge in [-0.2, -0.15) is 0 Å². The maximum atomic E-state index is 12.3. The van der Waals surface area contributed by atoms with Crippen LogP contribution in [0.4, 0.5) is 0 Å². The van der Waals surface area contributed by atoms with Gasteiger partial charge in [-0.05, 0) is 49.9 Å². The van der Waals surface area contributed by atoms with E-state index in [0.29, 0.717) is 18.8 Å². The van der Waals surface area contributed by atoms with Gasteiger partial charge < -0.3 is 10.2 Å². The number of ketones is 1. The fraction of sp³-hybridized carbons (Fsp3) is 0.792. The van der Waals surface area contributed by atoms with Gasteiger partial charge in [0.2, 0.25) is 0 Å². The van der Waals surface area contributed by atoms with Crippen molar-refractivity contribution in [3.05, 3.63) is 24.3 Å². The minimum atomic E-state index is -0.576. The summed E-state index contributed by atoms with van der Waals surface area (Å²) < 4.78 is 0. The molecule has 2 aliphatic carbocycles. The molecule has 27 heavy (non-hydrogen) atoms. The Kier molecular flexibility index (Phi) is 8.75. The Morgan fingerprint density at radius 1 is 1.22 bits per heavy atom.